The highest BCUT2D eigenvalue weighted by Gasteiger charge is 2.28. The van der Waals surface area contributed by atoms with Crippen molar-refractivity contribution < 1.29 is 14.3 Å². The van der Waals surface area contributed by atoms with Crippen LogP contribution in [0.15, 0.2) is 30.6 Å². The van der Waals surface area contributed by atoms with E-state index < -0.39 is 5.60 Å². The number of ether oxygens (including phenoxy) is 2. The molecule has 152 valence electrons. The topological polar surface area (TPSA) is 114 Å². The number of rotatable bonds is 3. The molecule has 2 N–H and O–H groups in total. The van der Waals surface area contributed by atoms with E-state index in [1.807, 2.05) is 26.8 Å². The number of amides is 1. The third-order valence-electron chi connectivity index (χ3n) is 4.47. The molecule has 8 heteroatoms. The van der Waals surface area contributed by atoms with Crippen molar-refractivity contribution in [2.75, 3.05) is 18.8 Å². The summed E-state index contributed by atoms with van der Waals surface area (Å²) in [6.45, 7) is 6.66. The van der Waals surface area contributed by atoms with E-state index in [0.717, 1.165) is 5.56 Å². The SMILES string of the molecule is CC(C)(C)OC(=O)N1CCC(Oc2ccc(-c3cc(N)ncn3)cc2C#N)CC1. The molecule has 0 unspecified atom stereocenters. The van der Waals surface area contributed by atoms with Crippen LogP contribution in [0.5, 0.6) is 5.75 Å². The van der Waals surface area contributed by atoms with E-state index in [1.165, 1.54) is 6.33 Å². The number of anilines is 1. The molecular formula is C21H25N5O3. The third-order valence-corrected chi connectivity index (χ3v) is 4.47. The Balaban J connectivity index is 1.64. The van der Waals surface area contributed by atoms with Crippen LogP contribution in [0, 0.1) is 11.3 Å². The number of likely N-dealkylation sites (tertiary alicyclic amines) is 1. The Morgan fingerprint density at radius 2 is 1.97 bits per heavy atom. The molecule has 0 saturated carbocycles. The number of carbonyl (C=O) groups excluding carboxylic acids is 1. The lowest BCUT2D eigenvalue weighted by Crippen LogP contribution is -2.44. The maximum Gasteiger partial charge on any atom is 0.410 e. The van der Waals surface area contributed by atoms with Gasteiger partial charge in [-0.05, 0) is 39.0 Å². The van der Waals surface area contributed by atoms with Crippen LogP contribution < -0.4 is 10.5 Å². The van der Waals surface area contributed by atoms with Gasteiger partial charge in [0, 0.05) is 37.6 Å². The Morgan fingerprint density at radius 1 is 1.24 bits per heavy atom. The number of hydrogen-bond donors (Lipinski definition) is 1. The first-order valence-electron chi connectivity index (χ1n) is 9.52. The van der Waals surface area contributed by atoms with Crippen LogP contribution >= 0.6 is 0 Å². The number of nitrogens with zero attached hydrogens (tertiary/aromatic N) is 4. The molecule has 1 amide bonds. The van der Waals surface area contributed by atoms with Crippen molar-refractivity contribution in [2.45, 2.75) is 45.3 Å². The van der Waals surface area contributed by atoms with Gasteiger partial charge in [-0.3, -0.25) is 0 Å². The third kappa shape index (κ3) is 5.35. The maximum absolute atomic E-state index is 12.2. The summed E-state index contributed by atoms with van der Waals surface area (Å²) >= 11 is 0. The highest BCUT2D eigenvalue weighted by molar-refractivity contribution is 5.68. The molecule has 2 heterocycles. The quantitative estimate of drug-likeness (QED) is 0.847. The van der Waals surface area contributed by atoms with Crippen molar-refractivity contribution in [1.82, 2.24) is 14.9 Å². The molecule has 0 spiro atoms. The van der Waals surface area contributed by atoms with Gasteiger partial charge in [0.1, 0.15) is 35.7 Å². The van der Waals surface area contributed by atoms with E-state index in [1.54, 1.807) is 23.1 Å². The van der Waals surface area contributed by atoms with Crippen molar-refractivity contribution in [3.8, 4) is 23.1 Å². The molecule has 0 aliphatic carbocycles. The van der Waals surface area contributed by atoms with Crippen LogP contribution in [0.4, 0.5) is 10.6 Å². The van der Waals surface area contributed by atoms with Crippen molar-refractivity contribution in [3.63, 3.8) is 0 Å². The van der Waals surface area contributed by atoms with E-state index in [9.17, 15) is 10.1 Å². The molecule has 2 aromatic rings. The highest BCUT2D eigenvalue weighted by Crippen LogP contribution is 2.28. The summed E-state index contributed by atoms with van der Waals surface area (Å²) in [7, 11) is 0. The molecule has 3 rings (SSSR count). The fourth-order valence-electron chi connectivity index (χ4n) is 3.07. The molecule has 0 radical (unpaired) electrons. The highest BCUT2D eigenvalue weighted by atomic mass is 16.6. The predicted molar refractivity (Wildman–Crippen MR) is 108 cm³/mol. The molecule has 8 nitrogen and oxygen atoms in total. The Hall–Kier alpha value is -3.34. The number of nitriles is 1. The van der Waals surface area contributed by atoms with E-state index >= 15 is 0 Å². The summed E-state index contributed by atoms with van der Waals surface area (Å²) in [6.07, 6.45) is 2.37. The molecule has 29 heavy (non-hydrogen) atoms. The lowest BCUT2D eigenvalue weighted by Gasteiger charge is -2.33. The predicted octanol–water partition coefficient (Wildman–Crippen LogP) is 3.38. The van der Waals surface area contributed by atoms with Gasteiger partial charge in [0.05, 0.1) is 11.3 Å². The molecule has 0 atom stereocenters. The maximum atomic E-state index is 12.2. The summed E-state index contributed by atoms with van der Waals surface area (Å²) in [4.78, 5) is 21.9. The number of benzene rings is 1. The summed E-state index contributed by atoms with van der Waals surface area (Å²) in [5, 5.41) is 9.54. The fraction of sp³-hybridized carbons (Fsp3) is 0.429. The van der Waals surface area contributed by atoms with Gasteiger partial charge in [0.15, 0.2) is 0 Å². The molecule has 1 aliphatic heterocycles. The van der Waals surface area contributed by atoms with E-state index in [2.05, 4.69) is 16.0 Å². The Labute approximate surface area is 170 Å². The first-order valence-corrected chi connectivity index (χ1v) is 9.52. The monoisotopic (exact) mass is 395 g/mol. The van der Waals surface area contributed by atoms with Crippen LogP contribution in [0.25, 0.3) is 11.3 Å². The first-order chi connectivity index (χ1) is 13.7. The molecule has 1 aromatic heterocycles. The summed E-state index contributed by atoms with van der Waals surface area (Å²) in [5.74, 6) is 0.888. The second kappa shape index (κ2) is 8.35. The smallest absolute Gasteiger partial charge is 0.410 e. The molecule has 1 saturated heterocycles. The van der Waals surface area contributed by atoms with Crippen LogP contribution in [-0.2, 0) is 4.74 Å². The minimum Gasteiger partial charge on any atom is -0.489 e. The van der Waals surface area contributed by atoms with Gasteiger partial charge in [-0.2, -0.15) is 5.26 Å². The van der Waals surface area contributed by atoms with E-state index in [0.29, 0.717) is 48.8 Å². The van der Waals surface area contributed by atoms with Crippen LogP contribution in [-0.4, -0.2) is 45.8 Å². The Bertz CT molecular complexity index is 925. The van der Waals surface area contributed by atoms with E-state index in [-0.39, 0.29) is 12.2 Å². The second-order valence-electron chi connectivity index (χ2n) is 7.94. The van der Waals surface area contributed by atoms with Gasteiger partial charge in [-0.15, -0.1) is 0 Å². The van der Waals surface area contributed by atoms with E-state index in [4.69, 9.17) is 15.2 Å². The second-order valence-corrected chi connectivity index (χ2v) is 7.94. The van der Waals surface area contributed by atoms with Crippen molar-refractivity contribution >= 4 is 11.9 Å². The average molecular weight is 395 g/mol. The molecular weight excluding hydrogens is 370 g/mol. The van der Waals surface area contributed by atoms with Gasteiger partial charge in [-0.1, -0.05) is 0 Å². The minimum absolute atomic E-state index is 0.0682. The van der Waals surface area contributed by atoms with Crippen LogP contribution in [0.1, 0.15) is 39.2 Å². The molecule has 0 bridgehead atoms. The standard InChI is InChI=1S/C21H25N5O3/c1-21(2,3)29-20(27)26-8-6-16(7-9-26)28-18-5-4-14(10-15(18)12-22)17-11-19(23)25-13-24-17/h4-5,10-11,13,16H,6-9H2,1-3H3,(H2,23,24,25). The fourth-order valence-corrected chi connectivity index (χ4v) is 3.07. The number of aromatic nitrogens is 2. The first kappa shape index (κ1) is 20.4. The zero-order chi connectivity index (χ0) is 21.0. The number of nitrogens with two attached hydrogens (primary N) is 1. The zero-order valence-corrected chi connectivity index (χ0v) is 16.9. The van der Waals surface area contributed by atoms with Crippen LogP contribution in [0.3, 0.4) is 0 Å². The number of hydrogen-bond acceptors (Lipinski definition) is 7. The molecule has 1 fully saturated rings. The van der Waals surface area contributed by atoms with Crippen molar-refractivity contribution in [1.29, 1.82) is 5.26 Å². The Morgan fingerprint density at radius 3 is 2.59 bits per heavy atom. The van der Waals surface area contributed by atoms with Gasteiger partial charge in [0.25, 0.3) is 0 Å². The largest absolute Gasteiger partial charge is 0.489 e. The van der Waals surface area contributed by atoms with Gasteiger partial charge in [-0.25, -0.2) is 14.8 Å². The number of carbonyl (C=O) groups is 1. The number of nitrogen functional groups attached to an aromatic ring is 1. The van der Waals surface area contributed by atoms with Crippen molar-refractivity contribution in [3.05, 3.63) is 36.2 Å². The average Bonchev–Trinajstić information content (AvgIpc) is 2.67. The van der Waals surface area contributed by atoms with Gasteiger partial charge < -0.3 is 20.1 Å². The summed E-state index contributed by atoms with van der Waals surface area (Å²) < 4.78 is 11.5. The van der Waals surface area contributed by atoms with Crippen LogP contribution in [0.2, 0.25) is 0 Å². The zero-order valence-electron chi connectivity index (χ0n) is 16.9. The number of piperidine rings is 1. The molecule has 1 aromatic carbocycles. The van der Waals surface area contributed by atoms with Crippen molar-refractivity contribution in [2.24, 2.45) is 0 Å². The summed E-state index contributed by atoms with van der Waals surface area (Å²) in [5.41, 5.74) is 7.03. The normalized spacial score (nSPS) is 14.9. The molecule has 1 aliphatic rings. The lowest BCUT2D eigenvalue weighted by atomic mass is 10.1. The summed E-state index contributed by atoms with van der Waals surface area (Å²) in [6, 6.07) is 9.18. The lowest BCUT2D eigenvalue weighted by molar-refractivity contribution is 0.0126. The van der Waals surface area contributed by atoms with Gasteiger partial charge in [0.2, 0.25) is 0 Å². The van der Waals surface area contributed by atoms with Gasteiger partial charge >= 0.3 is 6.09 Å². The Kier molecular flexibility index (Phi) is 5.87. The minimum atomic E-state index is -0.512.